The Bertz CT molecular complexity index is 423. The van der Waals surface area contributed by atoms with Gasteiger partial charge in [-0.1, -0.05) is 5.16 Å². The van der Waals surface area contributed by atoms with Crippen LogP contribution in [0.5, 0.6) is 0 Å². The summed E-state index contributed by atoms with van der Waals surface area (Å²) < 4.78 is 11.3. The number of nitrogens with two attached hydrogens (primary N) is 1. The number of rotatable bonds is 6. The molecule has 1 aromatic rings. The summed E-state index contributed by atoms with van der Waals surface area (Å²) in [5, 5.41) is 4.17. The zero-order chi connectivity index (χ0) is 13.9. The maximum atomic E-state index is 5.79. The Kier molecular flexibility index (Phi) is 4.36. The Hall–Kier alpha value is -0.940. The average molecular weight is 279 g/mol. The standard InChI is InChI=1S/C15H25N3O2/c1-2-19-13(11-7-8-11)14-17-15(20-18-14)12-5-3-10(9-16)4-6-12/h10-13H,2-9,16H2,1H3. The van der Waals surface area contributed by atoms with Gasteiger partial charge in [-0.25, -0.2) is 0 Å². The molecule has 0 aromatic carbocycles. The predicted octanol–water partition coefficient (Wildman–Crippen LogP) is 2.79. The summed E-state index contributed by atoms with van der Waals surface area (Å²) >= 11 is 0. The van der Waals surface area contributed by atoms with E-state index in [4.69, 9.17) is 15.0 Å². The fourth-order valence-corrected chi connectivity index (χ4v) is 3.17. The van der Waals surface area contributed by atoms with Crippen LogP contribution >= 0.6 is 0 Å². The van der Waals surface area contributed by atoms with Crippen molar-refractivity contribution in [2.45, 2.75) is 57.5 Å². The van der Waals surface area contributed by atoms with Gasteiger partial charge in [0, 0.05) is 12.5 Å². The van der Waals surface area contributed by atoms with Crippen LogP contribution in [0.15, 0.2) is 4.52 Å². The lowest BCUT2D eigenvalue weighted by atomic mass is 9.82. The minimum atomic E-state index is 0.0397. The molecule has 2 saturated carbocycles. The molecule has 0 aliphatic heterocycles. The second-order valence-electron chi connectivity index (χ2n) is 6.16. The molecule has 0 radical (unpaired) electrons. The molecule has 5 nitrogen and oxygen atoms in total. The third kappa shape index (κ3) is 3.04. The highest BCUT2D eigenvalue weighted by atomic mass is 16.5. The van der Waals surface area contributed by atoms with Crippen LogP contribution < -0.4 is 5.73 Å². The first-order valence-electron chi connectivity index (χ1n) is 7.97. The summed E-state index contributed by atoms with van der Waals surface area (Å²) in [5.41, 5.74) is 5.74. The molecule has 112 valence electrons. The third-order valence-corrected chi connectivity index (χ3v) is 4.64. The normalized spacial score (nSPS) is 28.5. The molecule has 1 heterocycles. The SMILES string of the molecule is CCOC(c1noc(C2CCC(CN)CC2)n1)C1CC1. The molecular weight excluding hydrogens is 254 g/mol. The van der Waals surface area contributed by atoms with Crippen molar-refractivity contribution in [1.82, 2.24) is 10.1 Å². The van der Waals surface area contributed by atoms with Crippen LogP contribution in [0.4, 0.5) is 0 Å². The van der Waals surface area contributed by atoms with E-state index >= 15 is 0 Å². The van der Waals surface area contributed by atoms with E-state index in [-0.39, 0.29) is 6.10 Å². The van der Waals surface area contributed by atoms with E-state index in [2.05, 4.69) is 10.1 Å². The van der Waals surface area contributed by atoms with E-state index < -0.39 is 0 Å². The number of nitrogens with zero attached hydrogens (tertiary/aromatic N) is 2. The van der Waals surface area contributed by atoms with Gasteiger partial charge in [-0.3, -0.25) is 0 Å². The molecule has 1 atom stereocenters. The van der Waals surface area contributed by atoms with Gasteiger partial charge in [0.15, 0.2) is 0 Å². The Labute approximate surface area is 120 Å². The molecule has 2 fully saturated rings. The van der Waals surface area contributed by atoms with E-state index in [0.717, 1.165) is 31.1 Å². The Morgan fingerprint density at radius 2 is 2.00 bits per heavy atom. The number of aromatic nitrogens is 2. The molecule has 5 heteroatoms. The molecular formula is C15H25N3O2. The maximum Gasteiger partial charge on any atom is 0.229 e. The van der Waals surface area contributed by atoms with Crippen LogP contribution in [-0.2, 0) is 4.74 Å². The first-order chi connectivity index (χ1) is 9.81. The van der Waals surface area contributed by atoms with Gasteiger partial charge in [0.2, 0.25) is 11.7 Å². The van der Waals surface area contributed by atoms with Crippen LogP contribution in [0.1, 0.15) is 69.2 Å². The Balaban J connectivity index is 1.64. The minimum absolute atomic E-state index is 0.0397. The van der Waals surface area contributed by atoms with Gasteiger partial charge in [0.25, 0.3) is 0 Å². The average Bonchev–Trinajstić information content (AvgIpc) is 3.21. The molecule has 2 aliphatic carbocycles. The molecule has 1 unspecified atom stereocenters. The van der Waals surface area contributed by atoms with Crippen LogP contribution in [0.2, 0.25) is 0 Å². The molecule has 0 bridgehead atoms. The second-order valence-corrected chi connectivity index (χ2v) is 6.16. The molecule has 3 rings (SSSR count). The Morgan fingerprint density at radius 3 is 2.60 bits per heavy atom. The number of ether oxygens (including phenoxy) is 1. The first kappa shape index (κ1) is 14.0. The lowest BCUT2D eigenvalue weighted by Gasteiger charge is -2.25. The fourth-order valence-electron chi connectivity index (χ4n) is 3.17. The predicted molar refractivity (Wildman–Crippen MR) is 75.1 cm³/mol. The zero-order valence-electron chi connectivity index (χ0n) is 12.3. The monoisotopic (exact) mass is 279 g/mol. The smallest absolute Gasteiger partial charge is 0.229 e. The lowest BCUT2D eigenvalue weighted by Crippen LogP contribution is -2.20. The fraction of sp³-hybridized carbons (Fsp3) is 0.867. The third-order valence-electron chi connectivity index (χ3n) is 4.64. The summed E-state index contributed by atoms with van der Waals surface area (Å²) in [7, 11) is 0. The summed E-state index contributed by atoms with van der Waals surface area (Å²) in [4.78, 5) is 4.63. The van der Waals surface area contributed by atoms with Crippen molar-refractivity contribution in [3.8, 4) is 0 Å². The molecule has 0 saturated heterocycles. The van der Waals surface area contributed by atoms with Crippen molar-refractivity contribution in [1.29, 1.82) is 0 Å². The highest BCUT2D eigenvalue weighted by Crippen LogP contribution is 2.43. The van der Waals surface area contributed by atoms with E-state index in [1.165, 1.54) is 25.7 Å². The van der Waals surface area contributed by atoms with Crippen LogP contribution in [0.3, 0.4) is 0 Å². The largest absolute Gasteiger partial charge is 0.370 e. The molecule has 2 N–H and O–H groups in total. The maximum absolute atomic E-state index is 5.79. The van der Waals surface area contributed by atoms with Crippen LogP contribution in [0.25, 0.3) is 0 Å². The molecule has 2 aliphatic rings. The highest BCUT2D eigenvalue weighted by Gasteiger charge is 2.37. The van der Waals surface area contributed by atoms with Crippen molar-refractivity contribution in [3.63, 3.8) is 0 Å². The quantitative estimate of drug-likeness (QED) is 0.866. The van der Waals surface area contributed by atoms with Gasteiger partial charge in [0.05, 0.1) is 0 Å². The van der Waals surface area contributed by atoms with E-state index in [1.807, 2.05) is 6.92 Å². The number of hydrogen-bond acceptors (Lipinski definition) is 5. The molecule has 20 heavy (non-hydrogen) atoms. The van der Waals surface area contributed by atoms with Gasteiger partial charge >= 0.3 is 0 Å². The lowest BCUT2D eigenvalue weighted by molar-refractivity contribution is 0.0384. The number of hydrogen-bond donors (Lipinski definition) is 1. The minimum Gasteiger partial charge on any atom is -0.370 e. The highest BCUT2D eigenvalue weighted by molar-refractivity contribution is 5.02. The van der Waals surface area contributed by atoms with Gasteiger partial charge in [0.1, 0.15) is 6.10 Å². The summed E-state index contributed by atoms with van der Waals surface area (Å²) in [6.07, 6.45) is 7.07. The van der Waals surface area contributed by atoms with Gasteiger partial charge in [-0.05, 0) is 63.8 Å². The van der Waals surface area contributed by atoms with E-state index in [1.54, 1.807) is 0 Å². The Morgan fingerprint density at radius 1 is 1.25 bits per heavy atom. The van der Waals surface area contributed by atoms with Crippen molar-refractivity contribution in [2.75, 3.05) is 13.2 Å². The van der Waals surface area contributed by atoms with E-state index in [0.29, 0.717) is 24.4 Å². The van der Waals surface area contributed by atoms with Gasteiger partial charge in [-0.2, -0.15) is 4.98 Å². The topological polar surface area (TPSA) is 74.2 Å². The van der Waals surface area contributed by atoms with Gasteiger partial charge < -0.3 is 15.0 Å². The second kappa shape index (κ2) is 6.22. The van der Waals surface area contributed by atoms with Gasteiger partial charge in [-0.15, -0.1) is 0 Å². The summed E-state index contributed by atoms with van der Waals surface area (Å²) in [5.74, 6) is 3.25. The van der Waals surface area contributed by atoms with Crippen LogP contribution in [0, 0.1) is 11.8 Å². The first-order valence-corrected chi connectivity index (χ1v) is 7.97. The van der Waals surface area contributed by atoms with E-state index in [9.17, 15) is 0 Å². The summed E-state index contributed by atoms with van der Waals surface area (Å²) in [6, 6.07) is 0. The summed E-state index contributed by atoms with van der Waals surface area (Å²) in [6.45, 7) is 3.52. The molecule has 0 amide bonds. The van der Waals surface area contributed by atoms with Crippen molar-refractivity contribution < 1.29 is 9.26 Å². The molecule has 1 aromatic heterocycles. The molecule has 0 spiro atoms. The van der Waals surface area contributed by atoms with Crippen molar-refractivity contribution in [2.24, 2.45) is 17.6 Å². The van der Waals surface area contributed by atoms with Crippen molar-refractivity contribution >= 4 is 0 Å². The zero-order valence-corrected chi connectivity index (χ0v) is 12.3. The van der Waals surface area contributed by atoms with Crippen LogP contribution in [-0.4, -0.2) is 23.3 Å². The van der Waals surface area contributed by atoms with Crippen molar-refractivity contribution in [3.05, 3.63) is 11.7 Å².